The van der Waals surface area contributed by atoms with Crippen LogP contribution >= 0.6 is 24.8 Å². The number of aromatic nitrogens is 1. The van der Waals surface area contributed by atoms with E-state index in [-0.39, 0.29) is 30.7 Å². The van der Waals surface area contributed by atoms with Crippen molar-refractivity contribution in [2.24, 2.45) is 0 Å². The van der Waals surface area contributed by atoms with Crippen LogP contribution in [0.15, 0.2) is 34.9 Å². The molecule has 1 atom stereocenters. The lowest BCUT2D eigenvalue weighted by atomic mass is 10.0. The van der Waals surface area contributed by atoms with Gasteiger partial charge in [-0.25, -0.2) is 0 Å². The summed E-state index contributed by atoms with van der Waals surface area (Å²) >= 11 is 0. The first-order valence-corrected chi connectivity index (χ1v) is 9.31. The number of hydrogen-bond donors (Lipinski definition) is 2. The highest BCUT2D eigenvalue weighted by atomic mass is 35.5. The van der Waals surface area contributed by atoms with Crippen molar-refractivity contribution in [3.8, 4) is 0 Å². The first-order chi connectivity index (χ1) is 12.5. The van der Waals surface area contributed by atoms with Gasteiger partial charge in [-0.2, -0.15) is 0 Å². The van der Waals surface area contributed by atoms with Gasteiger partial charge in [0.15, 0.2) is 5.82 Å². The first kappa shape index (κ1) is 24.3. The molecule has 1 aromatic heterocycles. The molecule has 1 aliphatic heterocycles. The van der Waals surface area contributed by atoms with Crippen molar-refractivity contribution in [1.29, 1.82) is 0 Å². The maximum atomic E-state index is 12.2. The number of carbonyl (C=O) groups is 1. The molecule has 1 aliphatic rings. The number of aryl methyl sites for hydroxylation is 1. The molecule has 1 unspecified atom stereocenters. The number of likely N-dealkylation sites (tertiary alicyclic amines) is 1. The summed E-state index contributed by atoms with van der Waals surface area (Å²) in [6.07, 6.45) is 2.20. The highest BCUT2D eigenvalue weighted by Gasteiger charge is 2.22. The second-order valence-corrected chi connectivity index (χ2v) is 7.37. The van der Waals surface area contributed by atoms with E-state index in [0.717, 1.165) is 31.6 Å². The van der Waals surface area contributed by atoms with Gasteiger partial charge >= 0.3 is 0 Å². The Morgan fingerprint density at radius 2 is 2.00 bits per heavy atom. The van der Waals surface area contributed by atoms with Crippen LogP contribution in [0.3, 0.4) is 0 Å². The Bertz CT molecular complexity index is 734. The van der Waals surface area contributed by atoms with Gasteiger partial charge in [0.2, 0.25) is 5.91 Å². The molecule has 2 aromatic rings. The predicted molar refractivity (Wildman–Crippen MR) is 118 cm³/mol. The second kappa shape index (κ2) is 11.3. The lowest BCUT2D eigenvalue weighted by molar-refractivity contribution is -0.117. The van der Waals surface area contributed by atoms with Gasteiger partial charge in [0.25, 0.3) is 0 Å². The molecule has 1 fully saturated rings. The molecular formula is C20H30Cl2N4O2. The number of nitrogens with one attached hydrogen (secondary N) is 2. The summed E-state index contributed by atoms with van der Waals surface area (Å²) in [6, 6.07) is 10.7. The monoisotopic (exact) mass is 428 g/mol. The van der Waals surface area contributed by atoms with Crippen molar-refractivity contribution in [2.45, 2.75) is 45.6 Å². The molecule has 8 heteroatoms. The van der Waals surface area contributed by atoms with E-state index < -0.39 is 0 Å². The maximum Gasteiger partial charge on any atom is 0.239 e. The third kappa shape index (κ3) is 7.00. The van der Waals surface area contributed by atoms with E-state index in [1.54, 1.807) is 13.0 Å². The topological polar surface area (TPSA) is 70.4 Å². The fourth-order valence-corrected chi connectivity index (χ4v) is 3.33. The molecule has 0 radical (unpaired) electrons. The Hall–Kier alpha value is -1.76. The van der Waals surface area contributed by atoms with Crippen LogP contribution in [-0.4, -0.2) is 41.6 Å². The largest absolute Gasteiger partial charge is 0.381 e. The minimum atomic E-state index is -0.0553. The van der Waals surface area contributed by atoms with Gasteiger partial charge in [-0.3, -0.25) is 9.69 Å². The van der Waals surface area contributed by atoms with Crippen LogP contribution in [0.1, 0.15) is 43.9 Å². The summed E-state index contributed by atoms with van der Waals surface area (Å²) in [5.74, 6) is 1.65. The van der Waals surface area contributed by atoms with E-state index in [9.17, 15) is 4.79 Å². The zero-order chi connectivity index (χ0) is 18.5. The van der Waals surface area contributed by atoms with Crippen molar-refractivity contribution in [1.82, 2.24) is 10.1 Å². The fourth-order valence-electron chi connectivity index (χ4n) is 3.33. The van der Waals surface area contributed by atoms with Crippen molar-refractivity contribution < 1.29 is 9.32 Å². The molecule has 0 saturated carbocycles. The number of nitrogens with zero attached hydrogens (tertiary/aromatic N) is 2. The molecule has 6 nitrogen and oxygen atoms in total. The molecule has 0 bridgehead atoms. The summed E-state index contributed by atoms with van der Waals surface area (Å²) in [6.45, 7) is 8.38. The van der Waals surface area contributed by atoms with Gasteiger partial charge in [0.1, 0.15) is 5.76 Å². The number of amides is 1. The molecular weight excluding hydrogens is 399 g/mol. The first-order valence-electron chi connectivity index (χ1n) is 9.31. The van der Waals surface area contributed by atoms with Gasteiger partial charge in [-0.05, 0) is 49.9 Å². The average molecular weight is 429 g/mol. The Labute approximate surface area is 179 Å². The van der Waals surface area contributed by atoms with E-state index in [4.69, 9.17) is 4.52 Å². The van der Waals surface area contributed by atoms with E-state index in [2.05, 4.69) is 58.8 Å². The summed E-state index contributed by atoms with van der Waals surface area (Å²) in [7, 11) is 0. The van der Waals surface area contributed by atoms with Crippen LogP contribution in [-0.2, 0) is 4.79 Å². The Kier molecular flexibility index (Phi) is 9.79. The van der Waals surface area contributed by atoms with Gasteiger partial charge in [-0.1, -0.05) is 31.1 Å². The molecule has 0 spiro atoms. The lowest BCUT2D eigenvalue weighted by Crippen LogP contribution is -2.45. The zero-order valence-corrected chi connectivity index (χ0v) is 18.2. The van der Waals surface area contributed by atoms with Crippen LogP contribution in [0, 0.1) is 6.92 Å². The van der Waals surface area contributed by atoms with Gasteiger partial charge in [0, 0.05) is 24.3 Å². The Balaban J connectivity index is 0.00000196. The molecule has 1 aromatic carbocycles. The van der Waals surface area contributed by atoms with E-state index >= 15 is 0 Å². The Morgan fingerprint density at radius 3 is 2.61 bits per heavy atom. The third-order valence-corrected chi connectivity index (χ3v) is 4.72. The summed E-state index contributed by atoms with van der Waals surface area (Å²) in [5.41, 5.74) is 2.49. The van der Waals surface area contributed by atoms with Crippen LogP contribution in [0.5, 0.6) is 0 Å². The molecule has 3 rings (SSSR count). The number of halogens is 2. The second-order valence-electron chi connectivity index (χ2n) is 7.37. The van der Waals surface area contributed by atoms with Crippen molar-refractivity contribution in [2.75, 3.05) is 30.3 Å². The van der Waals surface area contributed by atoms with Crippen molar-refractivity contribution >= 4 is 42.2 Å². The summed E-state index contributed by atoms with van der Waals surface area (Å²) < 4.78 is 4.97. The van der Waals surface area contributed by atoms with Gasteiger partial charge in [-0.15, -0.1) is 24.8 Å². The highest BCUT2D eigenvalue weighted by molar-refractivity contribution is 5.91. The number of piperidine rings is 1. The average Bonchev–Trinajstić information content (AvgIpc) is 3.00. The van der Waals surface area contributed by atoms with E-state index in [0.29, 0.717) is 30.1 Å². The van der Waals surface area contributed by atoms with Crippen molar-refractivity contribution in [3.63, 3.8) is 0 Å². The Morgan fingerprint density at radius 1 is 1.29 bits per heavy atom. The van der Waals surface area contributed by atoms with Crippen LogP contribution in [0.25, 0.3) is 0 Å². The molecule has 1 amide bonds. The molecule has 28 heavy (non-hydrogen) atoms. The number of rotatable bonds is 6. The number of carbonyl (C=O) groups excluding carboxylic acids is 1. The summed E-state index contributed by atoms with van der Waals surface area (Å²) in [4.78, 5) is 14.4. The number of benzene rings is 1. The fraction of sp³-hybridized carbons (Fsp3) is 0.500. The van der Waals surface area contributed by atoms with Gasteiger partial charge < -0.3 is 15.2 Å². The van der Waals surface area contributed by atoms with Crippen LogP contribution < -0.4 is 10.6 Å². The minimum Gasteiger partial charge on any atom is -0.381 e. The molecule has 2 heterocycles. The molecule has 1 saturated heterocycles. The van der Waals surface area contributed by atoms with Crippen LogP contribution in [0.2, 0.25) is 0 Å². The molecule has 2 N–H and O–H groups in total. The standard InChI is InChI=1S/C20H28N4O2.2ClH/c1-14(2)16-6-8-17(9-7-16)21-18-5-4-10-24(12-18)13-20(25)22-19-11-15(3)26-23-19;;/h6-9,11,14,18,21H,4-5,10,12-13H2,1-3H3,(H,22,23,25);2*1H. The van der Waals surface area contributed by atoms with Crippen molar-refractivity contribution in [3.05, 3.63) is 41.7 Å². The number of hydrogen-bond acceptors (Lipinski definition) is 5. The molecule has 156 valence electrons. The maximum absolute atomic E-state index is 12.2. The van der Waals surface area contributed by atoms with E-state index in [1.807, 2.05) is 0 Å². The van der Waals surface area contributed by atoms with Crippen LogP contribution in [0.4, 0.5) is 11.5 Å². The minimum absolute atomic E-state index is 0. The zero-order valence-electron chi connectivity index (χ0n) is 16.6. The normalized spacial score (nSPS) is 16.8. The quantitative estimate of drug-likeness (QED) is 0.709. The third-order valence-electron chi connectivity index (χ3n) is 4.72. The SMILES string of the molecule is Cc1cc(NC(=O)CN2CCCC(Nc3ccc(C(C)C)cc3)C2)no1.Cl.Cl. The summed E-state index contributed by atoms with van der Waals surface area (Å²) in [5, 5.41) is 10.2. The predicted octanol–water partition coefficient (Wildman–Crippen LogP) is 4.47. The van der Waals surface area contributed by atoms with E-state index in [1.165, 1.54) is 5.56 Å². The highest BCUT2D eigenvalue weighted by Crippen LogP contribution is 2.20. The number of anilines is 2. The van der Waals surface area contributed by atoms with Gasteiger partial charge in [0.05, 0.1) is 6.54 Å². The lowest BCUT2D eigenvalue weighted by Gasteiger charge is -2.33. The smallest absolute Gasteiger partial charge is 0.239 e. The molecule has 0 aliphatic carbocycles.